The summed E-state index contributed by atoms with van der Waals surface area (Å²) in [6, 6.07) is 7.92. The first-order chi connectivity index (χ1) is 9.63. The number of benzene rings is 1. The summed E-state index contributed by atoms with van der Waals surface area (Å²) in [5.41, 5.74) is 7.14. The first kappa shape index (κ1) is 13.9. The second kappa shape index (κ2) is 5.77. The highest BCUT2D eigenvalue weighted by atomic mass is 35.5. The minimum atomic E-state index is 0.111. The van der Waals surface area contributed by atoms with E-state index < -0.39 is 0 Å². The number of hydrogen-bond donors (Lipinski definition) is 1. The maximum Gasteiger partial charge on any atom is 0.194 e. The van der Waals surface area contributed by atoms with E-state index in [1.54, 1.807) is 23.1 Å². The van der Waals surface area contributed by atoms with E-state index in [4.69, 9.17) is 22.3 Å². The molecule has 0 fully saturated rings. The maximum absolute atomic E-state index is 5.96. The zero-order valence-electron chi connectivity index (χ0n) is 10.9. The van der Waals surface area contributed by atoms with Gasteiger partial charge in [0.15, 0.2) is 4.96 Å². The molecule has 0 aliphatic rings. The first-order valence-corrected chi connectivity index (χ1v) is 8.34. The fourth-order valence-corrected chi connectivity index (χ4v) is 3.84. The van der Waals surface area contributed by atoms with E-state index in [2.05, 4.69) is 10.6 Å². The third-order valence-electron chi connectivity index (χ3n) is 2.87. The molecular formula is C14H14ClN3S2. The normalized spacial score (nSPS) is 12.9. The zero-order chi connectivity index (χ0) is 14.1. The van der Waals surface area contributed by atoms with Gasteiger partial charge in [-0.05, 0) is 31.2 Å². The first-order valence-electron chi connectivity index (χ1n) is 6.27. The summed E-state index contributed by atoms with van der Waals surface area (Å²) in [7, 11) is 0. The molecule has 0 radical (unpaired) electrons. The maximum atomic E-state index is 5.96. The van der Waals surface area contributed by atoms with E-state index >= 15 is 0 Å². The lowest BCUT2D eigenvalue weighted by atomic mass is 10.2. The van der Waals surface area contributed by atoms with E-state index in [1.165, 1.54) is 5.69 Å². The summed E-state index contributed by atoms with van der Waals surface area (Å²) in [6.07, 6.45) is 2.87. The second-order valence-electron chi connectivity index (χ2n) is 4.66. The van der Waals surface area contributed by atoms with Crippen molar-refractivity contribution in [2.75, 3.05) is 0 Å². The molecule has 3 rings (SSSR count). The van der Waals surface area contributed by atoms with Gasteiger partial charge in [0.1, 0.15) is 5.03 Å². The average molecular weight is 324 g/mol. The fourth-order valence-electron chi connectivity index (χ4n) is 2.00. The molecule has 0 spiro atoms. The fraction of sp³-hybridized carbons (Fsp3) is 0.214. The number of nitrogens with zero attached hydrogens (tertiary/aromatic N) is 2. The summed E-state index contributed by atoms with van der Waals surface area (Å²) in [5, 5.41) is 3.82. The molecular weight excluding hydrogens is 310 g/mol. The molecule has 3 nitrogen and oxygen atoms in total. The van der Waals surface area contributed by atoms with Crippen LogP contribution in [0.15, 0.2) is 45.8 Å². The van der Waals surface area contributed by atoms with Crippen molar-refractivity contribution in [1.29, 1.82) is 0 Å². The number of thiazole rings is 1. The topological polar surface area (TPSA) is 43.3 Å². The minimum absolute atomic E-state index is 0.111. The minimum Gasteiger partial charge on any atom is -0.328 e. The Morgan fingerprint density at radius 1 is 1.40 bits per heavy atom. The van der Waals surface area contributed by atoms with Crippen molar-refractivity contribution in [2.45, 2.75) is 29.3 Å². The van der Waals surface area contributed by atoms with Crippen molar-refractivity contribution < 1.29 is 0 Å². The van der Waals surface area contributed by atoms with E-state index in [0.29, 0.717) is 0 Å². The molecule has 2 heterocycles. The number of halogens is 1. The molecule has 0 bridgehead atoms. The van der Waals surface area contributed by atoms with Crippen molar-refractivity contribution in [3.8, 4) is 0 Å². The van der Waals surface area contributed by atoms with Crippen molar-refractivity contribution >= 4 is 39.7 Å². The van der Waals surface area contributed by atoms with Gasteiger partial charge in [-0.15, -0.1) is 11.3 Å². The number of aromatic nitrogens is 2. The Balaban J connectivity index is 1.97. The molecule has 1 atom stereocenters. The van der Waals surface area contributed by atoms with Crippen LogP contribution in [0.4, 0.5) is 0 Å². The molecule has 1 aromatic carbocycles. The summed E-state index contributed by atoms with van der Waals surface area (Å²) in [5.74, 6) is 0. The molecule has 6 heteroatoms. The lowest BCUT2D eigenvalue weighted by molar-refractivity contribution is 0.706. The molecule has 1 unspecified atom stereocenters. The van der Waals surface area contributed by atoms with Gasteiger partial charge in [-0.1, -0.05) is 23.4 Å². The lowest BCUT2D eigenvalue weighted by Gasteiger charge is -2.07. The van der Waals surface area contributed by atoms with Crippen LogP contribution < -0.4 is 5.73 Å². The molecule has 0 amide bonds. The van der Waals surface area contributed by atoms with Gasteiger partial charge >= 0.3 is 0 Å². The van der Waals surface area contributed by atoms with E-state index in [1.807, 2.05) is 36.6 Å². The van der Waals surface area contributed by atoms with Crippen molar-refractivity contribution in [2.24, 2.45) is 5.73 Å². The molecule has 2 aromatic heterocycles. The van der Waals surface area contributed by atoms with Crippen LogP contribution in [0.2, 0.25) is 5.02 Å². The third-order valence-corrected chi connectivity index (χ3v) is 4.90. The highest BCUT2D eigenvalue weighted by molar-refractivity contribution is 7.99. The molecule has 3 aromatic rings. The predicted molar refractivity (Wildman–Crippen MR) is 86.0 cm³/mol. The molecule has 0 saturated carbocycles. The van der Waals surface area contributed by atoms with Crippen LogP contribution >= 0.6 is 34.7 Å². The van der Waals surface area contributed by atoms with E-state index in [-0.39, 0.29) is 6.04 Å². The highest BCUT2D eigenvalue weighted by Gasteiger charge is 2.15. The Hall–Kier alpha value is -1.01. The van der Waals surface area contributed by atoms with Crippen LogP contribution in [0.5, 0.6) is 0 Å². The molecule has 2 N–H and O–H groups in total. The summed E-state index contributed by atoms with van der Waals surface area (Å²) in [4.78, 5) is 6.84. The van der Waals surface area contributed by atoms with Crippen molar-refractivity contribution in [3.63, 3.8) is 0 Å². The quantitative estimate of drug-likeness (QED) is 0.786. The Bertz CT molecular complexity index is 716. The molecule has 0 aliphatic heterocycles. The highest BCUT2D eigenvalue weighted by Crippen LogP contribution is 2.32. The van der Waals surface area contributed by atoms with Crippen LogP contribution in [0.1, 0.15) is 12.6 Å². The van der Waals surface area contributed by atoms with Gasteiger partial charge in [-0.25, -0.2) is 4.98 Å². The van der Waals surface area contributed by atoms with Crippen LogP contribution in [-0.2, 0) is 6.42 Å². The second-order valence-corrected chi connectivity index (χ2v) is 7.03. The molecule has 104 valence electrons. The Morgan fingerprint density at radius 2 is 2.15 bits per heavy atom. The standard InChI is InChI=1S/C14H14ClN3S2/c1-9(16)8-12-13(17-14-18(12)6-7-19-14)20-11-4-2-10(15)3-5-11/h2-7,9H,8,16H2,1H3. The van der Waals surface area contributed by atoms with Gasteiger partial charge in [-0.3, -0.25) is 4.40 Å². The number of hydrogen-bond acceptors (Lipinski definition) is 4. The number of fused-ring (bicyclic) bond motifs is 1. The molecule has 0 saturated heterocycles. The molecule has 0 aliphatic carbocycles. The Kier molecular flexibility index (Phi) is 4.03. The van der Waals surface area contributed by atoms with Crippen molar-refractivity contribution in [1.82, 2.24) is 9.38 Å². The van der Waals surface area contributed by atoms with Gasteiger partial charge < -0.3 is 5.73 Å². The Labute approximate surface area is 130 Å². The van der Waals surface area contributed by atoms with Crippen LogP contribution in [0.25, 0.3) is 4.96 Å². The predicted octanol–water partition coefficient (Wildman–Crippen LogP) is 4.09. The largest absolute Gasteiger partial charge is 0.328 e. The lowest BCUT2D eigenvalue weighted by Crippen LogP contribution is -2.19. The van der Waals surface area contributed by atoms with Crippen molar-refractivity contribution in [3.05, 3.63) is 46.6 Å². The van der Waals surface area contributed by atoms with Gasteiger partial charge in [0.05, 0.1) is 5.69 Å². The number of rotatable bonds is 4. The number of imidazole rings is 1. The van der Waals surface area contributed by atoms with Crippen LogP contribution in [0.3, 0.4) is 0 Å². The smallest absolute Gasteiger partial charge is 0.194 e. The number of nitrogens with two attached hydrogens (primary N) is 1. The van der Waals surface area contributed by atoms with E-state index in [9.17, 15) is 0 Å². The monoisotopic (exact) mass is 323 g/mol. The summed E-state index contributed by atoms with van der Waals surface area (Å²) in [6.45, 7) is 2.02. The average Bonchev–Trinajstić information content (AvgIpc) is 2.96. The summed E-state index contributed by atoms with van der Waals surface area (Å²) < 4.78 is 2.13. The third kappa shape index (κ3) is 2.86. The van der Waals surface area contributed by atoms with Gasteiger partial charge in [0.2, 0.25) is 0 Å². The summed E-state index contributed by atoms with van der Waals surface area (Å²) >= 11 is 9.21. The molecule has 20 heavy (non-hydrogen) atoms. The Morgan fingerprint density at radius 3 is 2.85 bits per heavy atom. The van der Waals surface area contributed by atoms with E-state index in [0.717, 1.165) is 26.3 Å². The van der Waals surface area contributed by atoms with Crippen LogP contribution in [-0.4, -0.2) is 15.4 Å². The van der Waals surface area contributed by atoms with Gasteiger partial charge in [0, 0.05) is 34.0 Å². The van der Waals surface area contributed by atoms with Crippen LogP contribution in [0, 0.1) is 0 Å². The SMILES string of the molecule is CC(N)Cc1c(Sc2ccc(Cl)cc2)nc2sccn12. The van der Waals surface area contributed by atoms with Gasteiger partial charge in [0.25, 0.3) is 0 Å². The zero-order valence-corrected chi connectivity index (χ0v) is 13.3. The van der Waals surface area contributed by atoms with Gasteiger partial charge in [-0.2, -0.15) is 0 Å².